The molecule has 1 aromatic carbocycles. The van der Waals surface area contributed by atoms with Gasteiger partial charge in [0.25, 0.3) is 0 Å². The maximum absolute atomic E-state index is 8.84. The highest BCUT2D eigenvalue weighted by Crippen LogP contribution is 2.22. The molecule has 0 aliphatic heterocycles. The summed E-state index contributed by atoms with van der Waals surface area (Å²) >= 11 is 5.94. The minimum atomic E-state index is 0.0755. The highest BCUT2D eigenvalue weighted by molar-refractivity contribution is 6.32. The molecule has 0 saturated carbocycles. The lowest BCUT2D eigenvalue weighted by Gasteiger charge is -2.20. The molecule has 0 aromatic heterocycles. The topological polar surface area (TPSA) is 52.9 Å². The van der Waals surface area contributed by atoms with Crippen LogP contribution in [0.1, 0.15) is 0 Å². The van der Waals surface area contributed by atoms with Crippen LogP contribution in [0.4, 0.5) is 0 Å². The smallest absolute Gasteiger partial charge is 0.137 e. The Kier molecular flexibility index (Phi) is 6.96. The first kappa shape index (κ1) is 14.3. The molecule has 0 atom stereocenters. The number of hydrogen-bond acceptors (Lipinski definition) is 4. The maximum Gasteiger partial charge on any atom is 0.137 e. The fourth-order valence-electron chi connectivity index (χ4n) is 1.46. The van der Waals surface area contributed by atoms with E-state index in [1.165, 1.54) is 0 Å². The summed E-state index contributed by atoms with van der Waals surface area (Å²) in [5.74, 6) is 0.655. The molecule has 96 valence electrons. The first-order chi connectivity index (χ1) is 8.27. The molecule has 0 unspecified atom stereocenters. The van der Waals surface area contributed by atoms with Crippen molar-refractivity contribution in [3.05, 3.63) is 29.3 Å². The van der Waals surface area contributed by atoms with Crippen molar-refractivity contribution in [3.63, 3.8) is 0 Å². The van der Waals surface area contributed by atoms with E-state index in [9.17, 15) is 0 Å². The molecule has 0 radical (unpaired) electrons. The van der Waals surface area contributed by atoms with Crippen LogP contribution < -0.4 is 4.74 Å². The van der Waals surface area contributed by atoms with Crippen LogP contribution in [0, 0.1) is 0 Å². The van der Waals surface area contributed by atoms with E-state index in [0.29, 0.717) is 37.0 Å². The monoisotopic (exact) mass is 259 g/mol. The van der Waals surface area contributed by atoms with Gasteiger partial charge in [0, 0.05) is 19.6 Å². The summed E-state index contributed by atoms with van der Waals surface area (Å²) in [6.45, 7) is 2.34. The number of aliphatic hydroxyl groups excluding tert-OH is 2. The third-order valence-corrected chi connectivity index (χ3v) is 2.65. The van der Waals surface area contributed by atoms with E-state index in [4.69, 9.17) is 26.6 Å². The number of halogens is 1. The summed E-state index contributed by atoms with van der Waals surface area (Å²) in [6.07, 6.45) is 0. The summed E-state index contributed by atoms with van der Waals surface area (Å²) in [5.41, 5.74) is 0. The van der Waals surface area contributed by atoms with E-state index in [-0.39, 0.29) is 13.2 Å². The molecular formula is C12H18ClNO3. The molecule has 1 rings (SSSR count). The third-order valence-electron chi connectivity index (χ3n) is 2.33. The van der Waals surface area contributed by atoms with Crippen molar-refractivity contribution in [2.45, 2.75) is 0 Å². The second-order valence-electron chi connectivity index (χ2n) is 3.57. The van der Waals surface area contributed by atoms with Gasteiger partial charge in [0.15, 0.2) is 0 Å². The number of rotatable bonds is 8. The van der Waals surface area contributed by atoms with Crippen molar-refractivity contribution in [1.29, 1.82) is 0 Å². The molecule has 0 spiro atoms. The molecule has 17 heavy (non-hydrogen) atoms. The third kappa shape index (κ3) is 5.37. The highest BCUT2D eigenvalue weighted by Gasteiger charge is 2.04. The van der Waals surface area contributed by atoms with Crippen LogP contribution in [-0.4, -0.2) is 54.6 Å². The van der Waals surface area contributed by atoms with E-state index in [1.807, 2.05) is 23.1 Å². The van der Waals surface area contributed by atoms with E-state index >= 15 is 0 Å². The van der Waals surface area contributed by atoms with Crippen LogP contribution in [0.25, 0.3) is 0 Å². The summed E-state index contributed by atoms with van der Waals surface area (Å²) in [6, 6.07) is 7.29. The van der Waals surface area contributed by atoms with Crippen molar-refractivity contribution >= 4 is 11.6 Å². The standard InChI is InChI=1S/C12H18ClNO3/c13-11-3-1-2-4-12(11)17-10-7-14(5-8-15)6-9-16/h1-4,15-16H,5-10H2. The van der Waals surface area contributed by atoms with Gasteiger partial charge in [0.2, 0.25) is 0 Å². The van der Waals surface area contributed by atoms with E-state index in [2.05, 4.69) is 0 Å². The Bertz CT molecular complexity index is 316. The normalized spacial score (nSPS) is 10.8. The predicted molar refractivity (Wildman–Crippen MR) is 67.6 cm³/mol. The number of benzene rings is 1. The molecule has 4 nitrogen and oxygen atoms in total. The zero-order valence-electron chi connectivity index (χ0n) is 9.68. The van der Waals surface area contributed by atoms with Crippen LogP contribution in [0.15, 0.2) is 24.3 Å². The first-order valence-electron chi connectivity index (χ1n) is 5.59. The number of aliphatic hydroxyl groups is 2. The number of ether oxygens (including phenoxy) is 1. The molecule has 0 aliphatic rings. The zero-order chi connectivity index (χ0) is 12.5. The summed E-state index contributed by atoms with van der Waals surface area (Å²) < 4.78 is 5.52. The fraction of sp³-hybridized carbons (Fsp3) is 0.500. The van der Waals surface area contributed by atoms with E-state index < -0.39 is 0 Å². The first-order valence-corrected chi connectivity index (χ1v) is 5.97. The molecule has 2 N–H and O–H groups in total. The average molecular weight is 260 g/mol. The van der Waals surface area contributed by atoms with Crippen molar-refractivity contribution in [2.75, 3.05) is 39.5 Å². The molecule has 1 aromatic rings. The predicted octanol–water partition coefficient (Wildman–Crippen LogP) is 1.01. The summed E-state index contributed by atoms with van der Waals surface area (Å²) in [5, 5.41) is 18.3. The van der Waals surface area contributed by atoms with Gasteiger partial charge >= 0.3 is 0 Å². The molecule has 0 saturated heterocycles. The minimum absolute atomic E-state index is 0.0755. The van der Waals surface area contributed by atoms with E-state index in [1.54, 1.807) is 6.07 Å². The van der Waals surface area contributed by atoms with Crippen molar-refractivity contribution < 1.29 is 14.9 Å². The van der Waals surface area contributed by atoms with Crippen molar-refractivity contribution in [1.82, 2.24) is 4.90 Å². The highest BCUT2D eigenvalue weighted by atomic mass is 35.5. The fourth-order valence-corrected chi connectivity index (χ4v) is 1.66. The lowest BCUT2D eigenvalue weighted by molar-refractivity contribution is 0.141. The molecule has 0 fully saturated rings. The quantitative estimate of drug-likeness (QED) is 0.732. The van der Waals surface area contributed by atoms with Crippen LogP contribution in [-0.2, 0) is 0 Å². The molecular weight excluding hydrogens is 242 g/mol. The Morgan fingerprint density at radius 1 is 1.06 bits per heavy atom. The average Bonchev–Trinajstić information content (AvgIpc) is 2.32. The van der Waals surface area contributed by atoms with Gasteiger partial charge in [-0.25, -0.2) is 0 Å². The minimum Gasteiger partial charge on any atom is -0.491 e. The second kappa shape index (κ2) is 8.31. The molecule has 5 heteroatoms. The van der Waals surface area contributed by atoms with Crippen LogP contribution in [0.5, 0.6) is 5.75 Å². The summed E-state index contributed by atoms with van der Waals surface area (Å²) in [4.78, 5) is 1.93. The second-order valence-corrected chi connectivity index (χ2v) is 3.97. The molecule has 0 amide bonds. The number of nitrogens with zero attached hydrogens (tertiary/aromatic N) is 1. The van der Waals surface area contributed by atoms with Crippen molar-refractivity contribution in [2.24, 2.45) is 0 Å². The Labute approximate surface area is 106 Å². The molecule has 0 aliphatic carbocycles. The van der Waals surface area contributed by atoms with E-state index in [0.717, 1.165) is 0 Å². The van der Waals surface area contributed by atoms with Gasteiger partial charge in [0.05, 0.1) is 18.2 Å². The lowest BCUT2D eigenvalue weighted by Crippen LogP contribution is -2.33. The Morgan fingerprint density at radius 3 is 2.29 bits per heavy atom. The van der Waals surface area contributed by atoms with Crippen molar-refractivity contribution in [3.8, 4) is 5.75 Å². The summed E-state index contributed by atoms with van der Waals surface area (Å²) in [7, 11) is 0. The molecule has 0 bridgehead atoms. The lowest BCUT2D eigenvalue weighted by atomic mass is 10.3. The Hall–Kier alpha value is -0.810. The Balaban J connectivity index is 2.33. The van der Waals surface area contributed by atoms with Gasteiger partial charge in [-0.1, -0.05) is 23.7 Å². The van der Waals surface area contributed by atoms with Gasteiger partial charge in [-0.2, -0.15) is 0 Å². The van der Waals surface area contributed by atoms with Gasteiger partial charge < -0.3 is 14.9 Å². The van der Waals surface area contributed by atoms with Crippen LogP contribution in [0.2, 0.25) is 5.02 Å². The van der Waals surface area contributed by atoms with Gasteiger partial charge in [-0.15, -0.1) is 0 Å². The van der Waals surface area contributed by atoms with Gasteiger partial charge in [-0.05, 0) is 12.1 Å². The number of hydrogen-bond donors (Lipinski definition) is 2. The number of para-hydroxylation sites is 1. The largest absolute Gasteiger partial charge is 0.491 e. The van der Waals surface area contributed by atoms with Crippen LogP contribution >= 0.6 is 11.6 Å². The van der Waals surface area contributed by atoms with Gasteiger partial charge in [0.1, 0.15) is 12.4 Å². The SMILES string of the molecule is OCCN(CCO)CCOc1ccccc1Cl. The van der Waals surface area contributed by atoms with Gasteiger partial charge in [-0.3, -0.25) is 4.90 Å². The zero-order valence-corrected chi connectivity index (χ0v) is 10.4. The Morgan fingerprint density at radius 2 is 1.71 bits per heavy atom. The maximum atomic E-state index is 8.84. The molecule has 0 heterocycles. The van der Waals surface area contributed by atoms with Crippen LogP contribution in [0.3, 0.4) is 0 Å².